The maximum absolute atomic E-state index is 14.1. The third kappa shape index (κ3) is 4.29. The topological polar surface area (TPSA) is 56.5 Å². The third-order valence-electron chi connectivity index (χ3n) is 6.39. The number of carbonyl (C=O) groups is 2. The summed E-state index contributed by atoms with van der Waals surface area (Å²) in [6.07, 6.45) is 0. The van der Waals surface area contributed by atoms with E-state index in [2.05, 4.69) is 0 Å². The van der Waals surface area contributed by atoms with Gasteiger partial charge in [0.05, 0.1) is 11.1 Å². The van der Waals surface area contributed by atoms with Gasteiger partial charge in [0.1, 0.15) is 17.1 Å². The van der Waals surface area contributed by atoms with Crippen LogP contribution < -0.4 is 4.74 Å². The highest BCUT2D eigenvalue weighted by molar-refractivity contribution is 6.22. The number of furan rings is 1. The first-order chi connectivity index (χ1) is 18.7. The monoisotopic (exact) mass is 494 g/mol. The van der Waals surface area contributed by atoms with Gasteiger partial charge >= 0.3 is 5.97 Å². The van der Waals surface area contributed by atoms with Crippen molar-refractivity contribution in [2.24, 2.45) is 0 Å². The molecule has 182 valence electrons. The molecule has 4 heteroatoms. The van der Waals surface area contributed by atoms with Crippen molar-refractivity contribution in [1.29, 1.82) is 0 Å². The second-order valence-corrected chi connectivity index (χ2v) is 8.80. The van der Waals surface area contributed by atoms with Crippen molar-refractivity contribution in [3.63, 3.8) is 0 Å². The van der Waals surface area contributed by atoms with Gasteiger partial charge in [0, 0.05) is 22.1 Å². The lowest BCUT2D eigenvalue weighted by molar-refractivity contribution is 0.0733. The molecule has 5 aromatic carbocycles. The third-order valence-corrected chi connectivity index (χ3v) is 6.39. The summed E-state index contributed by atoms with van der Waals surface area (Å²) in [5.41, 5.74) is 4.22. The number of hydrogen-bond donors (Lipinski definition) is 0. The van der Waals surface area contributed by atoms with E-state index in [1.165, 1.54) is 0 Å². The van der Waals surface area contributed by atoms with E-state index in [4.69, 9.17) is 9.15 Å². The number of ether oxygens (including phenoxy) is 1. The molecule has 6 aromatic rings. The first-order valence-corrected chi connectivity index (χ1v) is 12.3. The molecule has 1 aromatic heterocycles. The lowest BCUT2D eigenvalue weighted by atomic mass is 9.92. The Kier molecular flexibility index (Phi) is 6.12. The van der Waals surface area contributed by atoms with Gasteiger partial charge < -0.3 is 9.15 Å². The first kappa shape index (κ1) is 23.2. The largest absolute Gasteiger partial charge is 0.455 e. The van der Waals surface area contributed by atoms with Crippen LogP contribution in [-0.2, 0) is 0 Å². The second-order valence-electron chi connectivity index (χ2n) is 8.80. The minimum absolute atomic E-state index is 0.179. The molecule has 0 saturated heterocycles. The van der Waals surface area contributed by atoms with Crippen LogP contribution in [0.2, 0.25) is 0 Å². The van der Waals surface area contributed by atoms with Crippen LogP contribution in [0.5, 0.6) is 5.75 Å². The van der Waals surface area contributed by atoms with Crippen molar-refractivity contribution in [3.8, 4) is 28.2 Å². The molecule has 0 fully saturated rings. The smallest absolute Gasteiger partial charge is 0.343 e. The Bertz CT molecular complexity index is 1740. The molecule has 0 atom stereocenters. The predicted molar refractivity (Wildman–Crippen MR) is 148 cm³/mol. The molecular formula is C34H22O4. The van der Waals surface area contributed by atoms with Gasteiger partial charge in [0.25, 0.3) is 0 Å². The summed E-state index contributed by atoms with van der Waals surface area (Å²) in [5, 5.41) is 0.599. The number of fused-ring (bicyclic) bond motifs is 1. The Hall–Kier alpha value is -5.22. The highest BCUT2D eigenvalue weighted by Gasteiger charge is 2.28. The van der Waals surface area contributed by atoms with Crippen molar-refractivity contribution < 1.29 is 18.7 Å². The number of hydrogen-bond acceptors (Lipinski definition) is 4. The Morgan fingerprint density at radius 2 is 1.08 bits per heavy atom. The fourth-order valence-electron chi connectivity index (χ4n) is 4.62. The van der Waals surface area contributed by atoms with Crippen LogP contribution in [0, 0.1) is 0 Å². The summed E-state index contributed by atoms with van der Waals surface area (Å²) < 4.78 is 12.3. The Balaban J connectivity index is 1.65. The molecule has 1 heterocycles. The summed E-state index contributed by atoms with van der Waals surface area (Å²) in [5.74, 6) is 0.0167. The quantitative estimate of drug-likeness (QED) is 0.133. The van der Waals surface area contributed by atoms with Gasteiger partial charge in [0.2, 0.25) is 0 Å². The van der Waals surface area contributed by atoms with Crippen LogP contribution in [0.15, 0.2) is 138 Å². The summed E-state index contributed by atoms with van der Waals surface area (Å²) in [7, 11) is 0. The van der Waals surface area contributed by atoms with Crippen LogP contribution in [0.3, 0.4) is 0 Å². The lowest BCUT2D eigenvalue weighted by Crippen LogP contribution is -2.12. The molecule has 0 N–H and O–H groups in total. The molecule has 38 heavy (non-hydrogen) atoms. The second kappa shape index (κ2) is 10.0. The number of rotatable bonds is 6. The molecule has 0 aliphatic carbocycles. The van der Waals surface area contributed by atoms with Gasteiger partial charge in [-0.05, 0) is 29.8 Å². The SMILES string of the molecule is O=C(Oc1ccc2oc(-c3ccccc3)c(-c3ccccc3)c2c1C(=O)c1ccccc1)c1ccccc1. The maximum atomic E-state index is 14.1. The molecule has 0 amide bonds. The van der Waals surface area contributed by atoms with Gasteiger partial charge in [-0.1, -0.05) is 109 Å². The Labute approximate surface area is 219 Å². The summed E-state index contributed by atoms with van der Waals surface area (Å²) in [4.78, 5) is 27.2. The van der Waals surface area contributed by atoms with Crippen LogP contribution in [0.25, 0.3) is 33.4 Å². The maximum Gasteiger partial charge on any atom is 0.343 e. The zero-order valence-electron chi connectivity index (χ0n) is 20.3. The standard InChI is InChI=1S/C34H22O4/c35-32(24-15-7-2-8-16-24)31-28(38-34(36)26-19-11-4-12-20-26)22-21-27-30(31)29(23-13-5-1-6-14-23)33(37-27)25-17-9-3-10-18-25/h1-22H. The number of esters is 1. The number of benzene rings is 5. The highest BCUT2D eigenvalue weighted by Crippen LogP contribution is 2.45. The molecule has 0 aliphatic rings. The van der Waals surface area contributed by atoms with Gasteiger partial charge in [0.15, 0.2) is 5.78 Å². The zero-order chi connectivity index (χ0) is 25.9. The average molecular weight is 495 g/mol. The van der Waals surface area contributed by atoms with Crippen molar-refractivity contribution in [2.45, 2.75) is 0 Å². The van der Waals surface area contributed by atoms with Gasteiger partial charge in [-0.25, -0.2) is 4.79 Å². The molecule has 0 saturated carbocycles. The van der Waals surface area contributed by atoms with E-state index < -0.39 is 5.97 Å². The van der Waals surface area contributed by atoms with E-state index in [9.17, 15) is 9.59 Å². The fraction of sp³-hybridized carbons (Fsp3) is 0. The van der Waals surface area contributed by atoms with Crippen molar-refractivity contribution in [2.75, 3.05) is 0 Å². The summed E-state index contributed by atoms with van der Waals surface area (Å²) in [6, 6.07) is 40.7. The highest BCUT2D eigenvalue weighted by atomic mass is 16.5. The average Bonchev–Trinajstić information content (AvgIpc) is 3.38. The molecule has 0 aliphatic heterocycles. The lowest BCUT2D eigenvalue weighted by Gasteiger charge is -2.12. The van der Waals surface area contributed by atoms with E-state index in [1.54, 1.807) is 48.5 Å². The van der Waals surface area contributed by atoms with Crippen LogP contribution in [0.4, 0.5) is 0 Å². The van der Waals surface area contributed by atoms with E-state index >= 15 is 0 Å². The van der Waals surface area contributed by atoms with Gasteiger partial charge in [-0.2, -0.15) is 0 Å². The normalized spacial score (nSPS) is 10.8. The van der Waals surface area contributed by atoms with Crippen molar-refractivity contribution in [3.05, 3.63) is 150 Å². The number of carbonyl (C=O) groups excluding carboxylic acids is 2. The fourth-order valence-corrected chi connectivity index (χ4v) is 4.62. The Morgan fingerprint density at radius 3 is 1.68 bits per heavy atom. The predicted octanol–water partition coefficient (Wildman–Crippen LogP) is 8.22. The van der Waals surface area contributed by atoms with Crippen molar-refractivity contribution in [1.82, 2.24) is 0 Å². The zero-order valence-corrected chi connectivity index (χ0v) is 20.3. The molecule has 4 nitrogen and oxygen atoms in total. The molecule has 0 spiro atoms. The summed E-state index contributed by atoms with van der Waals surface area (Å²) >= 11 is 0. The minimum Gasteiger partial charge on any atom is -0.455 e. The number of ketones is 1. The van der Waals surface area contributed by atoms with Gasteiger partial charge in [-0.3, -0.25) is 4.79 Å². The van der Waals surface area contributed by atoms with Crippen LogP contribution in [0.1, 0.15) is 26.3 Å². The molecule has 0 unspecified atom stereocenters. The van der Waals surface area contributed by atoms with Crippen LogP contribution in [-0.4, -0.2) is 11.8 Å². The van der Waals surface area contributed by atoms with E-state index in [1.807, 2.05) is 84.9 Å². The van der Waals surface area contributed by atoms with Crippen molar-refractivity contribution >= 4 is 22.7 Å². The van der Waals surface area contributed by atoms with E-state index in [0.717, 1.165) is 16.7 Å². The van der Waals surface area contributed by atoms with Gasteiger partial charge in [-0.15, -0.1) is 0 Å². The van der Waals surface area contributed by atoms with Crippen LogP contribution >= 0.6 is 0 Å². The van der Waals surface area contributed by atoms with E-state index in [0.29, 0.717) is 27.9 Å². The molecule has 6 rings (SSSR count). The molecule has 0 radical (unpaired) electrons. The Morgan fingerprint density at radius 1 is 0.553 bits per heavy atom. The molecular weight excluding hydrogens is 472 g/mol. The van der Waals surface area contributed by atoms with E-state index in [-0.39, 0.29) is 17.1 Å². The molecule has 0 bridgehead atoms. The first-order valence-electron chi connectivity index (χ1n) is 12.3. The minimum atomic E-state index is -0.542. The summed E-state index contributed by atoms with van der Waals surface area (Å²) in [6.45, 7) is 0.